The summed E-state index contributed by atoms with van der Waals surface area (Å²) in [5.74, 6) is 0. The van der Waals surface area contributed by atoms with E-state index in [0.717, 1.165) is 29.3 Å². The monoisotopic (exact) mass is 286 g/mol. The second-order valence-electron chi connectivity index (χ2n) is 5.57. The lowest BCUT2D eigenvalue weighted by Crippen LogP contribution is -2.50. The van der Waals surface area contributed by atoms with Crippen molar-refractivity contribution in [3.63, 3.8) is 0 Å². The van der Waals surface area contributed by atoms with E-state index < -0.39 is 5.54 Å². The van der Waals surface area contributed by atoms with Crippen LogP contribution in [0, 0.1) is 0 Å². The number of hydrogen-bond acceptors (Lipinski definition) is 2. The largest absolute Gasteiger partial charge is 0.394 e. The molecule has 21 heavy (non-hydrogen) atoms. The Morgan fingerprint density at radius 2 is 1.90 bits per heavy atom. The van der Waals surface area contributed by atoms with Crippen molar-refractivity contribution in [3.8, 4) is 0 Å². The molecule has 4 heteroatoms. The van der Waals surface area contributed by atoms with E-state index in [4.69, 9.17) is 0 Å². The predicted octanol–water partition coefficient (Wildman–Crippen LogP) is 3.51. The number of carbonyl (C=O) groups is 1. The Balaban J connectivity index is 2.15. The van der Waals surface area contributed by atoms with Gasteiger partial charge in [-0.2, -0.15) is 0 Å². The Bertz CT molecular complexity index is 622. The van der Waals surface area contributed by atoms with E-state index in [1.165, 1.54) is 0 Å². The normalized spacial score (nSPS) is 13.7. The molecule has 0 heterocycles. The van der Waals surface area contributed by atoms with Gasteiger partial charge in [0, 0.05) is 5.39 Å². The summed E-state index contributed by atoms with van der Waals surface area (Å²) in [7, 11) is 0. The molecule has 0 fully saturated rings. The highest BCUT2D eigenvalue weighted by molar-refractivity contribution is 6.01. The molecule has 2 amide bonds. The summed E-state index contributed by atoms with van der Waals surface area (Å²) < 4.78 is 0. The lowest BCUT2D eigenvalue weighted by atomic mass is 9.97. The van der Waals surface area contributed by atoms with E-state index in [1.54, 1.807) is 0 Å². The molecule has 0 saturated heterocycles. The fraction of sp³-hybridized carbons (Fsp3) is 0.353. The first-order chi connectivity index (χ1) is 10.1. The number of aliphatic hydroxyl groups excluding tert-OH is 1. The highest BCUT2D eigenvalue weighted by Crippen LogP contribution is 2.23. The second-order valence-corrected chi connectivity index (χ2v) is 5.57. The van der Waals surface area contributed by atoms with Crippen molar-refractivity contribution < 1.29 is 9.90 Å². The van der Waals surface area contributed by atoms with Gasteiger partial charge in [0.15, 0.2) is 0 Å². The molecule has 3 N–H and O–H groups in total. The van der Waals surface area contributed by atoms with Crippen LogP contribution in [0.2, 0.25) is 0 Å². The molecule has 0 aliphatic heterocycles. The fourth-order valence-corrected chi connectivity index (χ4v) is 2.49. The molecule has 0 aliphatic carbocycles. The number of rotatable bonds is 5. The van der Waals surface area contributed by atoms with Crippen LogP contribution in [0.3, 0.4) is 0 Å². The first kappa shape index (κ1) is 15.3. The number of fused-ring (bicyclic) bond motifs is 1. The van der Waals surface area contributed by atoms with Crippen LogP contribution in [0.25, 0.3) is 10.8 Å². The number of anilines is 1. The van der Waals surface area contributed by atoms with Gasteiger partial charge in [-0.25, -0.2) is 4.79 Å². The van der Waals surface area contributed by atoms with Crippen molar-refractivity contribution in [3.05, 3.63) is 42.5 Å². The molecule has 1 atom stereocenters. The van der Waals surface area contributed by atoms with Crippen LogP contribution in [-0.2, 0) is 0 Å². The summed E-state index contributed by atoms with van der Waals surface area (Å²) in [6.45, 7) is 3.79. The zero-order chi connectivity index (χ0) is 15.3. The Labute approximate surface area is 125 Å². The van der Waals surface area contributed by atoms with Gasteiger partial charge in [0.2, 0.25) is 0 Å². The van der Waals surface area contributed by atoms with Gasteiger partial charge in [-0.1, -0.05) is 49.7 Å². The Morgan fingerprint density at radius 3 is 2.62 bits per heavy atom. The van der Waals surface area contributed by atoms with Gasteiger partial charge in [0.25, 0.3) is 0 Å². The number of nitrogens with one attached hydrogen (secondary N) is 2. The topological polar surface area (TPSA) is 61.4 Å². The zero-order valence-electron chi connectivity index (χ0n) is 12.5. The smallest absolute Gasteiger partial charge is 0.319 e. The van der Waals surface area contributed by atoms with Crippen LogP contribution in [0.15, 0.2) is 42.5 Å². The predicted molar refractivity (Wildman–Crippen MR) is 86.5 cm³/mol. The van der Waals surface area contributed by atoms with Crippen LogP contribution < -0.4 is 10.6 Å². The number of aliphatic hydroxyl groups is 1. The summed E-state index contributed by atoms with van der Waals surface area (Å²) in [5, 5.41) is 17.3. The number of hydrogen-bond donors (Lipinski definition) is 3. The highest BCUT2D eigenvalue weighted by atomic mass is 16.3. The maximum absolute atomic E-state index is 12.2. The van der Waals surface area contributed by atoms with Gasteiger partial charge in [0.05, 0.1) is 17.8 Å². The van der Waals surface area contributed by atoms with Gasteiger partial charge >= 0.3 is 6.03 Å². The third kappa shape index (κ3) is 3.73. The third-order valence-corrected chi connectivity index (χ3v) is 3.60. The summed E-state index contributed by atoms with van der Waals surface area (Å²) in [4.78, 5) is 12.2. The van der Waals surface area contributed by atoms with E-state index in [9.17, 15) is 9.90 Å². The minimum atomic E-state index is -0.594. The van der Waals surface area contributed by atoms with Crippen LogP contribution in [0.4, 0.5) is 10.5 Å². The number of amides is 2. The van der Waals surface area contributed by atoms with E-state index in [0.29, 0.717) is 0 Å². The molecule has 2 rings (SSSR count). The summed E-state index contributed by atoms with van der Waals surface area (Å²) in [6, 6.07) is 13.4. The Hall–Kier alpha value is -2.07. The quantitative estimate of drug-likeness (QED) is 0.787. The fourth-order valence-electron chi connectivity index (χ4n) is 2.49. The van der Waals surface area contributed by atoms with Crippen LogP contribution in [-0.4, -0.2) is 23.3 Å². The SMILES string of the molecule is CCCC(C)(CO)NC(=O)Nc1cccc2ccccc12. The van der Waals surface area contributed by atoms with E-state index in [2.05, 4.69) is 10.6 Å². The van der Waals surface area contributed by atoms with Crippen molar-refractivity contribution in [2.24, 2.45) is 0 Å². The van der Waals surface area contributed by atoms with Crippen LogP contribution >= 0.6 is 0 Å². The van der Waals surface area contributed by atoms with Gasteiger partial charge in [-0.15, -0.1) is 0 Å². The molecular formula is C17H22N2O2. The average molecular weight is 286 g/mol. The molecule has 1 unspecified atom stereocenters. The lowest BCUT2D eigenvalue weighted by molar-refractivity contribution is 0.167. The molecule has 0 saturated carbocycles. The molecule has 0 spiro atoms. The number of carbonyl (C=O) groups excluding carboxylic acids is 1. The first-order valence-electron chi connectivity index (χ1n) is 7.26. The van der Waals surface area contributed by atoms with E-state index >= 15 is 0 Å². The maximum atomic E-state index is 12.2. The maximum Gasteiger partial charge on any atom is 0.319 e. The van der Waals surface area contributed by atoms with Crippen molar-refractivity contribution in [2.75, 3.05) is 11.9 Å². The molecule has 0 aromatic heterocycles. The average Bonchev–Trinajstić information content (AvgIpc) is 2.48. The molecule has 0 radical (unpaired) electrons. The van der Waals surface area contributed by atoms with Gasteiger partial charge in [-0.05, 0) is 24.8 Å². The van der Waals surface area contributed by atoms with E-state index in [-0.39, 0.29) is 12.6 Å². The summed E-state index contributed by atoms with van der Waals surface area (Å²) in [5.41, 5.74) is 0.172. The van der Waals surface area contributed by atoms with Crippen molar-refractivity contribution in [1.82, 2.24) is 5.32 Å². The Kier molecular flexibility index (Phi) is 4.81. The van der Waals surface area contributed by atoms with Gasteiger partial charge < -0.3 is 15.7 Å². The highest BCUT2D eigenvalue weighted by Gasteiger charge is 2.24. The minimum absolute atomic E-state index is 0.0796. The zero-order valence-corrected chi connectivity index (χ0v) is 12.5. The van der Waals surface area contributed by atoms with Crippen LogP contribution in [0.5, 0.6) is 0 Å². The number of benzene rings is 2. The summed E-state index contributed by atoms with van der Waals surface area (Å²) >= 11 is 0. The Morgan fingerprint density at radius 1 is 1.19 bits per heavy atom. The minimum Gasteiger partial charge on any atom is -0.394 e. The molecule has 112 valence electrons. The van der Waals surface area contributed by atoms with Gasteiger partial charge in [-0.3, -0.25) is 0 Å². The number of urea groups is 1. The van der Waals surface area contributed by atoms with E-state index in [1.807, 2.05) is 56.3 Å². The lowest BCUT2D eigenvalue weighted by Gasteiger charge is -2.28. The van der Waals surface area contributed by atoms with Crippen LogP contribution in [0.1, 0.15) is 26.7 Å². The molecule has 2 aromatic rings. The van der Waals surface area contributed by atoms with Gasteiger partial charge in [0.1, 0.15) is 0 Å². The molecule has 4 nitrogen and oxygen atoms in total. The van der Waals surface area contributed by atoms with Crippen molar-refractivity contribution in [2.45, 2.75) is 32.2 Å². The molecular weight excluding hydrogens is 264 g/mol. The third-order valence-electron chi connectivity index (χ3n) is 3.60. The molecule has 0 aliphatic rings. The van der Waals surface area contributed by atoms with Crippen molar-refractivity contribution >= 4 is 22.5 Å². The molecule has 2 aromatic carbocycles. The first-order valence-corrected chi connectivity index (χ1v) is 7.26. The standard InChI is InChI=1S/C17H22N2O2/c1-3-11-17(2,12-20)19-16(21)18-15-10-6-8-13-7-4-5-9-14(13)15/h4-10,20H,3,11-12H2,1-2H3,(H2,18,19,21). The van der Waals surface area contributed by atoms with Crippen molar-refractivity contribution in [1.29, 1.82) is 0 Å². The molecule has 0 bridgehead atoms. The summed E-state index contributed by atoms with van der Waals surface area (Å²) in [6.07, 6.45) is 1.62. The second kappa shape index (κ2) is 6.59.